The number of hydrogen-bond acceptors (Lipinski definition) is 5. The first-order valence-corrected chi connectivity index (χ1v) is 9.12. The van der Waals surface area contributed by atoms with Gasteiger partial charge in [-0.3, -0.25) is 14.9 Å². The maximum absolute atomic E-state index is 12.8. The van der Waals surface area contributed by atoms with Crippen molar-refractivity contribution in [1.82, 2.24) is 20.9 Å². The fourth-order valence-corrected chi connectivity index (χ4v) is 4.48. The highest BCUT2D eigenvalue weighted by atomic mass is 16.2. The highest BCUT2D eigenvalue weighted by molar-refractivity contribution is 6.08. The molecule has 1 aromatic heterocycles. The van der Waals surface area contributed by atoms with Gasteiger partial charge in [-0.05, 0) is 49.3 Å². The van der Waals surface area contributed by atoms with Gasteiger partial charge in [0.05, 0.1) is 6.04 Å². The van der Waals surface area contributed by atoms with Crippen molar-refractivity contribution in [1.29, 1.82) is 0 Å². The Labute approximate surface area is 151 Å². The summed E-state index contributed by atoms with van der Waals surface area (Å²) in [6.45, 7) is 0. The second kappa shape index (κ2) is 6.26. The van der Waals surface area contributed by atoms with Gasteiger partial charge in [0.25, 0.3) is 5.91 Å². The summed E-state index contributed by atoms with van der Waals surface area (Å²) >= 11 is 0. The molecule has 0 aromatic carbocycles. The lowest BCUT2D eigenvalue weighted by atomic mass is 9.67. The number of imide groups is 1. The quantitative estimate of drug-likeness (QED) is 0.598. The minimum Gasteiger partial charge on any atom is -0.384 e. The van der Waals surface area contributed by atoms with Crippen LogP contribution in [0.2, 0.25) is 0 Å². The van der Waals surface area contributed by atoms with E-state index in [9.17, 15) is 14.4 Å². The second-order valence-electron chi connectivity index (χ2n) is 7.64. The van der Waals surface area contributed by atoms with Gasteiger partial charge >= 0.3 is 6.03 Å². The maximum Gasteiger partial charge on any atom is 0.322 e. The van der Waals surface area contributed by atoms with Gasteiger partial charge in [0.2, 0.25) is 5.91 Å². The Bertz CT molecular complexity index is 753. The molecule has 4 amide bonds. The molecule has 2 aliphatic carbocycles. The average molecular weight is 357 g/mol. The lowest BCUT2D eigenvalue weighted by Gasteiger charge is -2.42. The first-order chi connectivity index (χ1) is 12.5. The average Bonchev–Trinajstić information content (AvgIpc) is 3.18. The van der Waals surface area contributed by atoms with Crippen LogP contribution in [0.3, 0.4) is 0 Å². The molecule has 1 spiro atoms. The minimum absolute atomic E-state index is 0.0724. The van der Waals surface area contributed by atoms with Crippen molar-refractivity contribution >= 4 is 23.7 Å². The molecule has 4 rings (SSSR count). The number of nitrogens with two attached hydrogens (primary N) is 1. The van der Waals surface area contributed by atoms with Gasteiger partial charge in [0.1, 0.15) is 11.4 Å². The first-order valence-electron chi connectivity index (χ1n) is 9.12. The van der Waals surface area contributed by atoms with Gasteiger partial charge in [0.15, 0.2) is 0 Å². The van der Waals surface area contributed by atoms with Crippen LogP contribution in [0.15, 0.2) is 18.3 Å². The number of nitrogens with one attached hydrogen (secondary N) is 3. The van der Waals surface area contributed by atoms with E-state index < -0.39 is 11.6 Å². The number of urea groups is 1. The van der Waals surface area contributed by atoms with Gasteiger partial charge in [0, 0.05) is 12.1 Å². The van der Waals surface area contributed by atoms with Gasteiger partial charge in [-0.25, -0.2) is 9.78 Å². The highest BCUT2D eigenvalue weighted by Gasteiger charge is 2.57. The summed E-state index contributed by atoms with van der Waals surface area (Å²) in [5.41, 5.74) is 5.89. The summed E-state index contributed by atoms with van der Waals surface area (Å²) in [7, 11) is 0. The molecule has 0 bridgehead atoms. The zero-order valence-electron chi connectivity index (χ0n) is 14.5. The van der Waals surface area contributed by atoms with Crippen molar-refractivity contribution < 1.29 is 14.4 Å². The molecular weight excluding hydrogens is 334 g/mol. The topological polar surface area (TPSA) is 126 Å². The normalized spacial score (nSPS) is 29.2. The van der Waals surface area contributed by atoms with E-state index in [4.69, 9.17) is 5.73 Å². The van der Waals surface area contributed by atoms with E-state index in [1.54, 1.807) is 6.20 Å². The number of carbonyl (C=O) groups excluding carboxylic acids is 3. The number of amides is 4. The molecule has 2 saturated carbocycles. The van der Waals surface area contributed by atoms with Crippen LogP contribution in [0.5, 0.6) is 0 Å². The van der Waals surface area contributed by atoms with Crippen LogP contribution < -0.4 is 21.7 Å². The lowest BCUT2D eigenvalue weighted by molar-refractivity contribution is -0.137. The Morgan fingerprint density at radius 1 is 1.31 bits per heavy atom. The zero-order chi connectivity index (χ0) is 18.3. The minimum atomic E-state index is -0.900. The Morgan fingerprint density at radius 2 is 2.04 bits per heavy atom. The molecule has 8 nitrogen and oxygen atoms in total. The van der Waals surface area contributed by atoms with E-state index in [1.165, 1.54) is 0 Å². The molecule has 3 aliphatic rings. The molecule has 3 fully saturated rings. The molecule has 138 valence electrons. The Hall–Kier alpha value is -2.64. The van der Waals surface area contributed by atoms with Crippen molar-refractivity contribution in [2.75, 3.05) is 5.73 Å². The van der Waals surface area contributed by atoms with Crippen molar-refractivity contribution in [2.45, 2.75) is 50.1 Å². The summed E-state index contributed by atoms with van der Waals surface area (Å²) in [6, 6.07) is 3.13. The molecule has 1 atom stereocenters. The molecule has 1 aliphatic heterocycles. The number of pyridine rings is 1. The molecule has 1 saturated heterocycles. The second-order valence-corrected chi connectivity index (χ2v) is 7.64. The number of rotatable bonds is 4. The SMILES string of the molecule is Nc1cc(C(NC(=O)C2CC3(C2)NC(=O)NC3=O)C2CCCC2)ccn1. The van der Waals surface area contributed by atoms with E-state index in [2.05, 4.69) is 20.9 Å². The molecule has 8 heteroatoms. The summed E-state index contributed by atoms with van der Waals surface area (Å²) in [4.78, 5) is 40.1. The van der Waals surface area contributed by atoms with E-state index >= 15 is 0 Å². The third kappa shape index (κ3) is 2.89. The molecule has 1 unspecified atom stereocenters. The number of nitrogen functional groups attached to an aromatic ring is 1. The lowest BCUT2D eigenvalue weighted by Crippen LogP contribution is -2.60. The fourth-order valence-electron chi connectivity index (χ4n) is 4.48. The monoisotopic (exact) mass is 357 g/mol. The van der Waals surface area contributed by atoms with Crippen molar-refractivity contribution in [3.05, 3.63) is 23.9 Å². The third-order valence-corrected chi connectivity index (χ3v) is 5.91. The van der Waals surface area contributed by atoms with E-state index in [0.717, 1.165) is 31.2 Å². The predicted molar refractivity (Wildman–Crippen MR) is 93.6 cm³/mol. The number of anilines is 1. The van der Waals surface area contributed by atoms with Crippen LogP contribution in [-0.4, -0.2) is 28.4 Å². The van der Waals surface area contributed by atoms with E-state index in [0.29, 0.717) is 24.6 Å². The predicted octanol–water partition coefficient (Wildman–Crippen LogP) is 0.999. The third-order valence-electron chi connectivity index (χ3n) is 5.91. The highest BCUT2D eigenvalue weighted by Crippen LogP contribution is 2.41. The molecule has 0 radical (unpaired) electrons. The Morgan fingerprint density at radius 3 is 2.65 bits per heavy atom. The summed E-state index contributed by atoms with van der Waals surface area (Å²) in [6.07, 6.45) is 6.81. The van der Waals surface area contributed by atoms with Crippen LogP contribution >= 0.6 is 0 Å². The molecule has 5 N–H and O–H groups in total. The van der Waals surface area contributed by atoms with Gasteiger partial charge < -0.3 is 16.4 Å². The number of hydrogen-bond donors (Lipinski definition) is 4. The summed E-state index contributed by atoms with van der Waals surface area (Å²) in [5, 5.41) is 8.06. The summed E-state index contributed by atoms with van der Waals surface area (Å²) < 4.78 is 0. The number of nitrogens with zero attached hydrogens (tertiary/aromatic N) is 1. The zero-order valence-corrected chi connectivity index (χ0v) is 14.5. The van der Waals surface area contributed by atoms with Gasteiger partial charge in [-0.15, -0.1) is 0 Å². The van der Waals surface area contributed by atoms with E-state index in [1.807, 2.05) is 12.1 Å². The number of carbonyl (C=O) groups is 3. The smallest absolute Gasteiger partial charge is 0.322 e. The van der Waals surface area contributed by atoms with Crippen molar-refractivity contribution in [3.63, 3.8) is 0 Å². The fraction of sp³-hybridized carbons (Fsp3) is 0.556. The standard InChI is InChI=1S/C18H23N5O3/c19-13-7-11(5-6-20-13)14(10-3-1-2-4-10)21-15(24)12-8-18(9-12)16(25)22-17(26)23-18/h5-7,10,12,14H,1-4,8-9H2,(H2,19,20)(H,21,24)(H2,22,23,25,26). The van der Waals surface area contributed by atoms with Gasteiger partial charge in [-0.1, -0.05) is 12.8 Å². The molecule has 26 heavy (non-hydrogen) atoms. The van der Waals surface area contributed by atoms with Crippen LogP contribution in [0.1, 0.15) is 50.1 Å². The Kier molecular flexibility index (Phi) is 4.05. The van der Waals surface area contributed by atoms with Gasteiger partial charge in [-0.2, -0.15) is 0 Å². The van der Waals surface area contributed by atoms with Crippen LogP contribution in [-0.2, 0) is 9.59 Å². The van der Waals surface area contributed by atoms with Crippen LogP contribution in [0.25, 0.3) is 0 Å². The number of aromatic nitrogens is 1. The van der Waals surface area contributed by atoms with Crippen molar-refractivity contribution in [3.8, 4) is 0 Å². The first kappa shape index (κ1) is 16.8. The maximum atomic E-state index is 12.8. The Balaban J connectivity index is 1.45. The van der Waals surface area contributed by atoms with Crippen molar-refractivity contribution in [2.24, 2.45) is 11.8 Å². The molecule has 2 heterocycles. The van der Waals surface area contributed by atoms with Crippen LogP contribution in [0, 0.1) is 11.8 Å². The van der Waals surface area contributed by atoms with Crippen LogP contribution in [0.4, 0.5) is 10.6 Å². The van der Waals surface area contributed by atoms with E-state index in [-0.39, 0.29) is 23.8 Å². The largest absolute Gasteiger partial charge is 0.384 e. The summed E-state index contributed by atoms with van der Waals surface area (Å²) in [5.74, 6) is 0.136. The molecular formula is C18H23N5O3. The molecule has 1 aromatic rings.